The second kappa shape index (κ2) is 7.81. The highest BCUT2D eigenvalue weighted by molar-refractivity contribution is 5.57. The fourth-order valence-corrected chi connectivity index (χ4v) is 2.08. The van der Waals surface area contributed by atoms with Gasteiger partial charge in [-0.1, -0.05) is 0 Å². The Labute approximate surface area is 145 Å². The largest absolute Gasteiger partial charge is 0.421 e. The molecule has 12 heteroatoms. The predicted molar refractivity (Wildman–Crippen MR) is 83.5 cm³/mol. The molecule has 0 unspecified atom stereocenters. The van der Waals surface area contributed by atoms with Crippen molar-refractivity contribution in [2.45, 2.75) is 32.7 Å². The highest BCUT2D eigenvalue weighted by Crippen LogP contribution is 2.34. The van der Waals surface area contributed by atoms with Crippen molar-refractivity contribution in [3.8, 4) is 0 Å². The van der Waals surface area contributed by atoms with E-state index in [1.165, 1.54) is 17.9 Å². The summed E-state index contributed by atoms with van der Waals surface area (Å²) in [5.41, 5.74) is -0.0742. The van der Waals surface area contributed by atoms with E-state index < -0.39 is 24.4 Å². The van der Waals surface area contributed by atoms with E-state index in [0.29, 0.717) is 17.6 Å². The van der Waals surface area contributed by atoms with Crippen LogP contribution in [0.25, 0.3) is 0 Å². The van der Waals surface area contributed by atoms with E-state index in [-0.39, 0.29) is 18.4 Å². The second-order valence-corrected chi connectivity index (χ2v) is 5.38. The van der Waals surface area contributed by atoms with Gasteiger partial charge in [-0.15, -0.1) is 0 Å². The zero-order chi connectivity index (χ0) is 19.5. The minimum Gasteiger partial charge on any atom is -0.372 e. The quantitative estimate of drug-likeness (QED) is 0.715. The van der Waals surface area contributed by atoms with Crippen LogP contribution in [0.1, 0.15) is 24.2 Å². The molecule has 0 amide bonds. The Kier molecular flexibility index (Phi) is 5.95. The first-order valence-corrected chi connectivity index (χ1v) is 7.46. The number of alkyl halides is 5. The van der Waals surface area contributed by atoms with E-state index in [2.05, 4.69) is 30.4 Å². The van der Waals surface area contributed by atoms with Crippen molar-refractivity contribution < 1.29 is 26.7 Å². The highest BCUT2D eigenvalue weighted by Gasteiger charge is 2.35. The number of nitrogens with zero attached hydrogens (tertiary/aromatic N) is 4. The average molecular weight is 380 g/mol. The average Bonchev–Trinajstić information content (AvgIpc) is 2.92. The summed E-state index contributed by atoms with van der Waals surface area (Å²) in [5, 5.41) is 9.30. The molecule has 2 heterocycles. The molecule has 0 aliphatic heterocycles. The molecule has 0 aliphatic rings. The van der Waals surface area contributed by atoms with Crippen LogP contribution in [0.4, 0.5) is 39.4 Å². The number of rotatable bonds is 7. The van der Waals surface area contributed by atoms with Gasteiger partial charge in [-0.2, -0.15) is 32.0 Å². The molecule has 2 rings (SSSR count). The maximum absolute atomic E-state index is 12.9. The number of nitrogens with one attached hydrogen (secondary N) is 2. The van der Waals surface area contributed by atoms with Crippen molar-refractivity contribution >= 4 is 17.5 Å². The van der Waals surface area contributed by atoms with Crippen LogP contribution < -0.4 is 10.6 Å². The molecule has 2 aromatic rings. The maximum Gasteiger partial charge on any atom is 0.421 e. The van der Waals surface area contributed by atoms with Crippen LogP contribution in [0.15, 0.2) is 12.4 Å². The van der Waals surface area contributed by atoms with Crippen LogP contribution in [0.2, 0.25) is 0 Å². The summed E-state index contributed by atoms with van der Waals surface area (Å²) in [6, 6.07) is -0.473. The van der Waals surface area contributed by atoms with E-state index >= 15 is 0 Å². The fraction of sp³-hybridized carbons (Fsp3) is 0.500. The number of aryl methyl sites for hydroxylation is 1. The summed E-state index contributed by atoms with van der Waals surface area (Å²) in [4.78, 5) is 7.45. The number of hydrogen-bond donors (Lipinski definition) is 2. The van der Waals surface area contributed by atoms with Gasteiger partial charge in [0.05, 0.1) is 24.0 Å². The second-order valence-electron chi connectivity index (χ2n) is 5.38. The first-order valence-electron chi connectivity index (χ1n) is 7.46. The Morgan fingerprint density at radius 3 is 2.58 bits per heavy atom. The zero-order valence-electron chi connectivity index (χ0n) is 14.1. The topological polar surface area (TPSA) is 76.9 Å². The molecule has 0 spiro atoms. The standard InChI is InChI=1S/C14H17F5N6O/c1-7(6-26-12(15)16)25-5-10(8(2)24-25)22-13-21-4-9(14(17,18)19)11(20-3)23-13/h4-5,7,12H,6H2,1-3H3,(H2,20,21,22,23)/t7-/m1/s1. The summed E-state index contributed by atoms with van der Waals surface area (Å²) in [7, 11) is 1.31. The van der Waals surface area contributed by atoms with Gasteiger partial charge in [0.1, 0.15) is 11.4 Å². The number of anilines is 3. The lowest BCUT2D eigenvalue weighted by molar-refractivity contribution is -0.137. The Morgan fingerprint density at radius 1 is 1.31 bits per heavy atom. The van der Waals surface area contributed by atoms with E-state index in [0.717, 1.165) is 0 Å². The molecule has 1 atom stereocenters. The number of aromatic nitrogens is 4. The van der Waals surface area contributed by atoms with Crippen LogP contribution in [0.3, 0.4) is 0 Å². The van der Waals surface area contributed by atoms with Crippen LogP contribution >= 0.6 is 0 Å². The van der Waals surface area contributed by atoms with Gasteiger partial charge in [0.25, 0.3) is 0 Å². The fourth-order valence-electron chi connectivity index (χ4n) is 2.08. The molecular weight excluding hydrogens is 363 g/mol. The molecule has 0 bridgehead atoms. The normalized spacial score (nSPS) is 13.1. The van der Waals surface area contributed by atoms with E-state index in [9.17, 15) is 22.0 Å². The Bertz CT molecular complexity index is 748. The number of ether oxygens (including phenoxy) is 1. The van der Waals surface area contributed by atoms with Gasteiger partial charge in [-0.25, -0.2) is 4.98 Å². The Hall–Kier alpha value is -2.50. The summed E-state index contributed by atoms with van der Waals surface area (Å²) >= 11 is 0. The molecule has 144 valence electrons. The number of halogens is 5. The lowest BCUT2D eigenvalue weighted by Gasteiger charge is -2.13. The monoisotopic (exact) mass is 380 g/mol. The Balaban J connectivity index is 2.18. The van der Waals surface area contributed by atoms with Gasteiger partial charge < -0.3 is 15.4 Å². The van der Waals surface area contributed by atoms with E-state index in [4.69, 9.17) is 0 Å². The van der Waals surface area contributed by atoms with E-state index in [1.54, 1.807) is 13.8 Å². The smallest absolute Gasteiger partial charge is 0.372 e. The molecule has 0 radical (unpaired) electrons. The van der Waals surface area contributed by atoms with Gasteiger partial charge in [-0.3, -0.25) is 4.68 Å². The molecule has 0 saturated carbocycles. The summed E-state index contributed by atoms with van der Waals surface area (Å²) in [6.45, 7) is 0.139. The lowest BCUT2D eigenvalue weighted by atomic mass is 10.3. The van der Waals surface area contributed by atoms with Crippen molar-refractivity contribution in [2.75, 3.05) is 24.3 Å². The third kappa shape index (κ3) is 4.77. The third-order valence-corrected chi connectivity index (χ3v) is 3.41. The van der Waals surface area contributed by atoms with Gasteiger partial charge in [-0.05, 0) is 13.8 Å². The van der Waals surface area contributed by atoms with Crippen molar-refractivity contribution in [1.29, 1.82) is 0 Å². The molecule has 0 saturated heterocycles. The molecule has 0 aromatic carbocycles. The zero-order valence-corrected chi connectivity index (χ0v) is 14.1. The van der Waals surface area contributed by atoms with E-state index in [1.807, 2.05) is 0 Å². The summed E-state index contributed by atoms with van der Waals surface area (Å²) < 4.78 is 68.4. The van der Waals surface area contributed by atoms with Crippen molar-refractivity contribution in [1.82, 2.24) is 19.7 Å². The lowest BCUT2D eigenvalue weighted by Crippen LogP contribution is -2.15. The Morgan fingerprint density at radius 2 is 2.00 bits per heavy atom. The molecule has 7 nitrogen and oxygen atoms in total. The SMILES string of the molecule is CNc1nc(Nc2cn([C@H](C)COC(F)F)nc2C)ncc1C(F)(F)F. The molecule has 0 fully saturated rings. The van der Waals surface area contributed by atoms with Crippen molar-refractivity contribution in [2.24, 2.45) is 0 Å². The third-order valence-electron chi connectivity index (χ3n) is 3.41. The van der Waals surface area contributed by atoms with Crippen molar-refractivity contribution in [3.63, 3.8) is 0 Å². The summed E-state index contributed by atoms with van der Waals surface area (Å²) in [6.07, 6.45) is -2.41. The minimum absolute atomic E-state index is 0.0681. The first-order chi connectivity index (χ1) is 12.1. The van der Waals surface area contributed by atoms with Crippen LogP contribution in [-0.2, 0) is 10.9 Å². The maximum atomic E-state index is 12.9. The van der Waals surface area contributed by atoms with Gasteiger partial charge in [0.2, 0.25) is 5.95 Å². The summed E-state index contributed by atoms with van der Waals surface area (Å²) in [5.74, 6) is -0.444. The van der Waals surface area contributed by atoms with Crippen LogP contribution in [0, 0.1) is 6.92 Å². The molecule has 2 N–H and O–H groups in total. The molecule has 0 aliphatic carbocycles. The molecule has 2 aromatic heterocycles. The van der Waals surface area contributed by atoms with Crippen LogP contribution in [0.5, 0.6) is 0 Å². The minimum atomic E-state index is -4.59. The predicted octanol–water partition coefficient (Wildman–Crippen LogP) is 3.59. The van der Waals surface area contributed by atoms with Gasteiger partial charge in [0, 0.05) is 19.4 Å². The van der Waals surface area contributed by atoms with Gasteiger partial charge in [0.15, 0.2) is 0 Å². The number of hydrogen-bond acceptors (Lipinski definition) is 6. The van der Waals surface area contributed by atoms with Crippen LogP contribution in [-0.4, -0.2) is 40.0 Å². The highest BCUT2D eigenvalue weighted by atomic mass is 19.4. The molecule has 26 heavy (non-hydrogen) atoms. The van der Waals surface area contributed by atoms with Gasteiger partial charge >= 0.3 is 12.8 Å². The molecular formula is C14H17F5N6O. The first kappa shape index (κ1) is 19.8. The van der Waals surface area contributed by atoms with Crippen molar-refractivity contribution in [3.05, 3.63) is 23.7 Å².